The van der Waals surface area contributed by atoms with E-state index in [4.69, 9.17) is 0 Å². The normalized spacial score (nSPS) is 12.7. The van der Waals surface area contributed by atoms with Gasteiger partial charge in [-0.05, 0) is 41.5 Å². The molecule has 0 aliphatic carbocycles. The van der Waals surface area contributed by atoms with Gasteiger partial charge in [-0.1, -0.05) is 72.2 Å². The van der Waals surface area contributed by atoms with Crippen molar-refractivity contribution < 1.29 is 5.11 Å². The van der Waals surface area contributed by atoms with Gasteiger partial charge >= 0.3 is 0 Å². The maximum absolute atomic E-state index is 10.2. The highest BCUT2D eigenvalue weighted by Crippen LogP contribution is 2.20. The van der Waals surface area contributed by atoms with Crippen molar-refractivity contribution in [2.45, 2.75) is 38.7 Å². The zero-order valence-corrected chi connectivity index (χ0v) is 13.6. The van der Waals surface area contributed by atoms with Gasteiger partial charge in [0.05, 0.1) is 6.10 Å². The summed E-state index contributed by atoms with van der Waals surface area (Å²) in [6.07, 6.45) is 1.02. The minimum absolute atomic E-state index is 0.349. The topological polar surface area (TPSA) is 20.2 Å². The number of hydrogen-bond acceptors (Lipinski definition) is 1. The monoisotopic (exact) mass is 332 g/mol. The number of benzene rings is 2. The molecule has 106 valence electrons. The molecular formula is C18H21BrO. The molecule has 0 aliphatic rings. The van der Waals surface area contributed by atoms with Crippen molar-refractivity contribution in [3.05, 3.63) is 69.7 Å². The summed E-state index contributed by atoms with van der Waals surface area (Å²) in [5, 5.41) is 10.2. The molecule has 2 aromatic carbocycles. The SMILES string of the molecule is CC(C)c1ccc(CC(O)Cc2ccccc2Br)cc1. The first-order chi connectivity index (χ1) is 9.56. The maximum Gasteiger partial charge on any atom is 0.0621 e. The minimum atomic E-state index is -0.349. The molecule has 2 heteroatoms. The highest BCUT2D eigenvalue weighted by atomic mass is 79.9. The smallest absolute Gasteiger partial charge is 0.0621 e. The van der Waals surface area contributed by atoms with Crippen molar-refractivity contribution in [2.24, 2.45) is 0 Å². The van der Waals surface area contributed by atoms with Crippen molar-refractivity contribution in [3.63, 3.8) is 0 Å². The molecule has 2 aromatic rings. The summed E-state index contributed by atoms with van der Waals surface area (Å²) in [6.45, 7) is 4.38. The average molecular weight is 333 g/mol. The average Bonchev–Trinajstić information content (AvgIpc) is 2.42. The van der Waals surface area contributed by atoms with Gasteiger partial charge in [0.15, 0.2) is 0 Å². The molecule has 20 heavy (non-hydrogen) atoms. The Bertz CT molecular complexity index is 546. The Morgan fingerprint density at radius 2 is 1.60 bits per heavy atom. The summed E-state index contributed by atoms with van der Waals surface area (Å²) in [6, 6.07) is 16.6. The van der Waals surface area contributed by atoms with Gasteiger partial charge in [-0.25, -0.2) is 0 Å². The van der Waals surface area contributed by atoms with Crippen LogP contribution in [0.25, 0.3) is 0 Å². The third-order valence-corrected chi connectivity index (χ3v) is 4.30. The molecule has 1 atom stereocenters. The second-order valence-corrected chi connectivity index (χ2v) is 6.40. The standard InChI is InChI=1S/C18H21BrO/c1-13(2)15-9-7-14(8-10-15)11-17(20)12-16-5-3-4-6-18(16)19/h3-10,13,17,20H,11-12H2,1-2H3. The molecule has 0 saturated heterocycles. The fourth-order valence-electron chi connectivity index (χ4n) is 2.30. The van der Waals surface area contributed by atoms with Crippen LogP contribution in [-0.2, 0) is 12.8 Å². The molecule has 0 aliphatic heterocycles. The first-order valence-corrected chi connectivity index (χ1v) is 7.86. The van der Waals surface area contributed by atoms with Crippen LogP contribution in [0.15, 0.2) is 53.0 Å². The van der Waals surface area contributed by atoms with Crippen LogP contribution in [0.1, 0.15) is 36.5 Å². The van der Waals surface area contributed by atoms with E-state index in [-0.39, 0.29) is 6.10 Å². The lowest BCUT2D eigenvalue weighted by molar-refractivity contribution is 0.175. The number of halogens is 1. The number of hydrogen-bond donors (Lipinski definition) is 1. The first kappa shape index (κ1) is 15.3. The molecule has 2 rings (SSSR count). The third-order valence-electron chi connectivity index (χ3n) is 3.53. The van der Waals surface area contributed by atoms with Crippen LogP contribution in [0.2, 0.25) is 0 Å². The highest BCUT2D eigenvalue weighted by molar-refractivity contribution is 9.10. The molecule has 0 fully saturated rings. The molecule has 0 bridgehead atoms. The number of aliphatic hydroxyl groups excluding tert-OH is 1. The quantitative estimate of drug-likeness (QED) is 0.839. The predicted molar refractivity (Wildman–Crippen MR) is 88.1 cm³/mol. The lowest BCUT2D eigenvalue weighted by atomic mass is 9.98. The minimum Gasteiger partial charge on any atom is -0.392 e. The zero-order valence-electron chi connectivity index (χ0n) is 12.0. The molecule has 1 N–H and O–H groups in total. The largest absolute Gasteiger partial charge is 0.392 e. The Morgan fingerprint density at radius 1 is 0.950 bits per heavy atom. The van der Waals surface area contributed by atoms with E-state index in [2.05, 4.69) is 60.1 Å². The molecule has 1 unspecified atom stereocenters. The van der Waals surface area contributed by atoms with Crippen LogP contribution in [0.5, 0.6) is 0 Å². The van der Waals surface area contributed by atoms with Crippen LogP contribution in [-0.4, -0.2) is 11.2 Å². The van der Waals surface area contributed by atoms with Crippen LogP contribution in [0.3, 0.4) is 0 Å². The van der Waals surface area contributed by atoms with Gasteiger partial charge in [0.2, 0.25) is 0 Å². The molecule has 0 radical (unpaired) electrons. The van der Waals surface area contributed by atoms with Crippen molar-refractivity contribution in [1.29, 1.82) is 0 Å². The van der Waals surface area contributed by atoms with Crippen molar-refractivity contribution in [1.82, 2.24) is 0 Å². The highest BCUT2D eigenvalue weighted by Gasteiger charge is 2.09. The summed E-state index contributed by atoms with van der Waals surface area (Å²) in [5.41, 5.74) is 3.68. The van der Waals surface area contributed by atoms with E-state index in [0.29, 0.717) is 18.8 Å². The summed E-state index contributed by atoms with van der Waals surface area (Å²) >= 11 is 3.52. The van der Waals surface area contributed by atoms with Gasteiger partial charge in [0.1, 0.15) is 0 Å². The van der Waals surface area contributed by atoms with Crippen LogP contribution >= 0.6 is 15.9 Å². The van der Waals surface area contributed by atoms with Gasteiger partial charge in [0.25, 0.3) is 0 Å². The molecule has 0 heterocycles. The van der Waals surface area contributed by atoms with E-state index in [9.17, 15) is 5.11 Å². The summed E-state index contributed by atoms with van der Waals surface area (Å²) < 4.78 is 1.06. The summed E-state index contributed by atoms with van der Waals surface area (Å²) in [7, 11) is 0. The first-order valence-electron chi connectivity index (χ1n) is 7.06. The van der Waals surface area contributed by atoms with E-state index < -0.39 is 0 Å². The van der Waals surface area contributed by atoms with E-state index in [0.717, 1.165) is 10.0 Å². The van der Waals surface area contributed by atoms with Crippen LogP contribution in [0, 0.1) is 0 Å². The Hall–Kier alpha value is -1.12. The molecule has 0 saturated carbocycles. The fourth-order valence-corrected chi connectivity index (χ4v) is 2.75. The van der Waals surface area contributed by atoms with Gasteiger partial charge in [-0.3, -0.25) is 0 Å². The predicted octanol–water partition coefficient (Wildman–Crippen LogP) is 4.72. The van der Waals surface area contributed by atoms with Crippen LogP contribution < -0.4 is 0 Å². The van der Waals surface area contributed by atoms with Gasteiger partial charge in [0, 0.05) is 4.47 Å². The second-order valence-electron chi connectivity index (χ2n) is 5.55. The van der Waals surface area contributed by atoms with Gasteiger partial charge in [-0.15, -0.1) is 0 Å². The maximum atomic E-state index is 10.2. The van der Waals surface area contributed by atoms with Gasteiger partial charge < -0.3 is 5.11 Å². The number of rotatable bonds is 5. The summed E-state index contributed by atoms with van der Waals surface area (Å²) in [4.78, 5) is 0. The van der Waals surface area contributed by atoms with Gasteiger partial charge in [-0.2, -0.15) is 0 Å². The summed E-state index contributed by atoms with van der Waals surface area (Å²) in [5.74, 6) is 0.550. The van der Waals surface area contributed by atoms with Crippen molar-refractivity contribution in [3.8, 4) is 0 Å². The molecule has 1 nitrogen and oxygen atoms in total. The Morgan fingerprint density at radius 3 is 2.20 bits per heavy atom. The fraction of sp³-hybridized carbons (Fsp3) is 0.333. The lowest BCUT2D eigenvalue weighted by Crippen LogP contribution is -2.14. The van der Waals surface area contributed by atoms with E-state index >= 15 is 0 Å². The molecule has 0 spiro atoms. The van der Waals surface area contributed by atoms with E-state index in [1.807, 2.05) is 18.2 Å². The second kappa shape index (κ2) is 7.05. The van der Waals surface area contributed by atoms with E-state index in [1.54, 1.807) is 0 Å². The Balaban J connectivity index is 1.97. The molecule has 0 aromatic heterocycles. The Kier molecular flexibility index (Phi) is 5.38. The third kappa shape index (κ3) is 4.19. The Labute approximate surface area is 129 Å². The van der Waals surface area contributed by atoms with Crippen molar-refractivity contribution >= 4 is 15.9 Å². The molecule has 0 amide bonds. The molecular weight excluding hydrogens is 312 g/mol. The van der Waals surface area contributed by atoms with E-state index in [1.165, 1.54) is 11.1 Å². The number of aliphatic hydroxyl groups is 1. The van der Waals surface area contributed by atoms with Crippen molar-refractivity contribution in [2.75, 3.05) is 0 Å². The lowest BCUT2D eigenvalue weighted by Gasteiger charge is -2.13. The van der Waals surface area contributed by atoms with Crippen LogP contribution in [0.4, 0.5) is 0 Å². The zero-order chi connectivity index (χ0) is 14.5.